The molecule has 32 heavy (non-hydrogen) atoms. The Morgan fingerprint density at radius 3 is 2.22 bits per heavy atom. The minimum atomic E-state index is 1.15. The van der Waals surface area contributed by atoms with Crippen molar-refractivity contribution >= 4 is 34.1 Å². The maximum atomic E-state index is 2.40. The molecule has 0 saturated heterocycles. The van der Waals surface area contributed by atoms with E-state index in [4.69, 9.17) is 0 Å². The van der Waals surface area contributed by atoms with Crippen LogP contribution >= 0.6 is 0 Å². The summed E-state index contributed by atoms with van der Waals surface area (Å²) in [6.07, 6.45) is 8.84. The minimum absolute atomic E-state index is 1.15. The molecule has 3 aromatic heterocycles. The first-order valence-corrected chi connectivity index (χ1v) is 11.0. The lowest BCUT2D eigenvalue weighted by Crippen LogP contribution is -2.17. The lowest BCUT2D eigenvalue weighted by atomic mass is 9.97. The molecule has 152 valence electrons. The van der Waals surface area contributed by atoms with Crippen LogP contribution in [-0.2, 0) is 0 Å². The number of aromatic nitrogens is 2. The molecular formula is C30H23N2+. The molecule has 0 spiro atoms. The third kappa shape index (κ3) is 3.00. The van der Waals surface area contributed by atoms with Gasteiger partial charge >= 0.3 is 0 Å². The van der Waals surface area contributed by atoms with E-state index in [9.17, 15) is 0 Å². The van der Waals surface area contributed by atoms with Crippen LogP contribution in [0.5, 0.6) is 0 Å². The van der Waals surface area contributed by atoms with Gasteiger partial charge in [-0.05, 0) is 36.1 Å². The van der Waals surface area contributed by atoms with Gasteiger partial charge in [0.05, 0.1) is 6.20 Å². The average molecular weight is 412 g/mol. The van der Waals surface area contributed by atoms with Gasteiger partial charge in [-0.15, -0.1) is 0 Å². The molecule has 0 saturated carbocycles. The molecule has 0 atom stereocenters. The molecule has 0 aliphatic carbocycles. The fourth-order valence-corrected chi connectivity index (χ4v) is 4.58. The molecular weight excluding hydrogens is 388 g/mol. The highest BCUT2D eigenvalue weighted by molar-refractivity contribution is 6.06. The molecule has 0 bridgehead atoms. The van der Waals surface area contributed by atoms with Crippen LogP contribution in [0, 0.1) is 6.92 Å². The quantitative estimate of drug-likeness (QED) is 0.278. The summed E-state index contributed by atoms with van der Waals surface area (Å²) < 4.78 is 4.61. The molecule has 3 heterocycles. The Kier molecular flexibility index (Phi) is 4.36. The minimum Gasteiger partial charge on any atom is -0.202 e. The van der Waals surface area contributed by atoms with Crippen LogP contribution in [-0.4, -0.2) is 4.40 Å². The first-order valence-electron chi connectivity index (χ1n) is 11.0. The summed E-state index contributed by atoms with van der Waals surface area (Å²) >= 11 is 0. The van der Waals surface area contributed by atoms with Crippen molar-refractivity contribution in [3.05, 3.63) is 126 Å². The van der Waals surface area contributed by atoms with Gasteiger partial charge in [-0.2, -0.15) is 4.40 Å². The summed E-state index contributed by atoms with van der Waals surface area (Å²) in [7, 11) is 0. The second-order valence-electron chi connectivity index (χ2n) is 8.23. The van der Waals surface area contributed by atoms with E-state index in [-0.39, 0.29) is 0 Å². The van der Waals surface area contributed by atoms with E-state index >= 15 is 0 Å². The predicted molar refractivity (Wildman–Crippen MR) is 134 cm³/mol. The van der Waals surface area contributed by atoms with E-state index in [0.29, 0.717) is 0 Å². The normalized spacial score (nSPS) is 11.8. The van der Waals surface area contributed by atoms with Crippen molar-refractivity contribution in [1.29, 1.82) is 0 Å². The summed E-state index contributed by atoms with van der Waals surface area (Å²) in [5.74, 6) is 0. The molecule has 0 N–H and O–H groups in total. The summed E-state index contributed by atoms with van der Waals surface area (Å²) in [5, 5.41) is 2.51. The van der Waals surface area contributed by atoms with Crippen LogP contribution in [0.25, 0.3) is 45.3 Å². The Hall–Kier alpha value is -4.17. The lowest BCUT2D eigenvalue weighted by Gasteiger charge is -2.11. The van der Waals surface area contributed by atoms with Gasteiger partial charge in [0.2, 0.25) is 0 Å². The van der Waals surface area contributed by atoms with Crippen molar-refractivity contribution < 1.29 is 4.40 Å². The molecule has 0 amide bonds. The van der Waals surface area contributed by atoms with Crippen molar-refractivity contribution in [3.63, 3.8) is 0 Å². The molecule has 2 heteroatoms. The number of fused-ring (bicyclic) bond motifs is 5. The smallest absolute Gasteiger partial charge is 0.202 e. The van der Waals surface area contributed by atoms with Crippen LogP contribution < -0.4 is 4.40 Å². The molecule has 6 aromatic rings. The van der Waals surface area contributed by atoms with Gasteiger partial charge in [0.15, 0.2) is 5.52 Å². The van der Waals surface area contributed by atoms with E-state index in [1.54, 1.807) is 0 Å². The Balaban J connectivity index is 1.79. The Bertz CT molecular complexity index is 1600. The standard InChI is InChI=1S/C30H23N2/c1-22-14-17-24(18-15-22)30-27(19-16-23-9-3-2-4-10-23)25-11-5-6-12-26(25)28-21-31-20-8-7-13-29(31)32(28)30/h2-21H,1H3/q+1/b19-16+. The summed E-state index contributed by atoms with van der Waals surface area (Å²) in [6.45, 7) is 2.14. The monoisotopic (exact) mass is 411 g/mol. The van der Waals surface area contributed by atoms with Crippen molar-refractivity contribution in [2.24, 2.45) is 0 Å². The second kappa shape index (κ2) is 7.51. The first kappa shape index (κ1) is 18.6. The number of aryl methyl sites for hydroxylation is 1. The van der Waals surface area contributed by atoms with Gasteiger partial charge in [0.1, 0.15) is 11.9 Å². The molecule has 0 radical (unpaired) electrons. The SMILES string of the molecule is Cc1ccc(-c2c(/C=C/c3ccccc3)c3ccccc3c3c[n+]4ccccc4n23)cc1. The molecule has 0 unspecified atom stereocenters. The lowest BCUT2D eigenvalue weighted by molar-refractivity contribution is -0.509. The van der Waals surface area contributed by atoms with Crippen molar-refractivity contribution in [2.45, 2.75) is 6.92 Å². The number of hydrogen-bond acceptors (Lipinski definition) is 0. The van der Waals surface area contributed by atoms with Gasteiger partial charge in [-0.1, -0.05) is 90.5 Å². The first-order chi connectivity index (χ1) is 15.8. The van der Waals surface area contributed by atoms with E-state index in [2.05, 4.69) is 137 Å². The summed E-state index contributed by atoms with van der Waals surface area (Å²) in [6, 6.07) is 34.5. The van der Waals surface area contributed by atoms with Gasteiger partial charge < -0.3 is 0 Å². The largest absolute Gasteiger partial charge is 0.291 e. The number of pyridine rings is 2. The van der Waals surface area contributed by atoms with Crippen LogP contribution in [0.15, 0.2) is 109 Å². The van der Waals surface area contributed by atoms with E-state index in [1.807, 2.05) is 0 Å². The molecule has 6 rings (SSSR count). The number of nitrogens with zero attached hydrogens (tertiary/aromatic N) is 2. The Morgan fingerprint density at radius 1 is 0.688 bits per heavy atom. The second-order valence-corrected chi connectivity index (χ2v) is 8.23. The summed E-state index contributed by atoms with van der Waals surface area (Å²) in [4.78, 5) is 0. The van der Waals surface area contributed by atoms with E-state index in [1.165, 1.54) is 44.2 Å². The van der Waals surface area contributed by atoms with Crippen molar-refractivity contribution in [2.75, 3.05) is 0 Å². The van der Waals surface area contributed by atoms with Crippen LogP contribution in [0.1, 0.15) is 16.7 Å². The van der Waals surface area contributed by atoms with Crippen molar-refractivity contribution in [1.82, 2.24) is 4.40 Å². The van der Waals surface area contributed by atoms with Gasteiger partial charge in [-0.25, -0.2) is 4.40 Å². The number of benzene rings is 3. The molecule has 0 fully saturated rings. The zero-order chi connectivity index (χ0) is 21.5. The predicted octanol–water partition coefficient (Wildman–Crippen LogP) is 6.98. The zero-order valence-electron chi connectivity index (χ0n) is 17.9. The topological polar surface area (TPSA) is 8.51 Å². The third-order valence-electron chi connectivity index (χ3n) is 6.14. The molecule has 0 aliphatic heterocycles. The highest BCUT2D eigenvalue weighted by Gasteiger charge is 2.23. The zero-order valence-corrected chi connectivity index (χ0v) is 17.9. The highest BCUT2D eigenvalue weighted by atomic mass is 15.1. The average Bonchev–Trinajstić information content (AvgIpc) is 3.23. The van der Waals surface area contributed by atoms with Gasteiger partial charge in [0, 0.05) is 22.6 Å². The number of hydrogen-bond donors (Lipinski definition) is 0. The maximum Gasteiger partial charge on any atom is 0.291 e. The van der Waals surface area contributed by atoms with Crippen LogP contribution in [0.2, 0.25) is 0 Å². The third-order valence-corrected chi connectivity index (χ3v) is 6.14. The van der Waals surface area contributed by atoms with Gasteiger partial charge in [-0.3, -0.25) is 0 Å². The van der Waals surface area contributed by atoms with Crippen LogP contribution in [0.4, 0.5) is 0 Å². The van der Waals surface area contributed by atoms with Gasteiger partial charge in [0.25, 0.3) is 5.65 Å². The fraction of sp³-hybridized carbons (Fsp3) is 0.0333. The fourth-order valence-electron chi connectivity index (χ4n) is 4.58. The highest BCUT2D eigenvalue weighted by Crippen LogP contribution is 2.35. The maximum absolute atomic E-state index is 2.40. The molecule has 0 aliphatic rings. The van der Waals surface area contributed by atoms with Crippen molar-refractivity contribution in [3.8, 4) is 11.3 Å². The molecule has 3 aromatic carbocycles. The number of imidazole rings is 1. The molecule has 2 nitrogen and oxygen atoms in total. The Morgan fingerprint density at radius 2 is 1.41 bits per heavy atom. The Labute approximate surface area is 187 Å². The van der Waals surface area contributed by atoms with Crippen LogP contribution in [0.3, 0.4) is 0 Å². The van der Waals surface area contributed by atoms with E-state index < -0.39 is 0 Å². The van der Waals surface area contributed by atoms with E-state index in [0.717, 1.165) is 5.65 Å². The number of rotatable bonds is 3. The summed E-state index contributed by atoms with van der Waals surface area (Å²) in [5.41, 5.74) is 8.46.